The summed E-state index contributed by atoms with van der Waals surface area (Å²) in [5.41, 5.74) is 3.01. The van der Waals surface area contributed by atoms with E-state index < -0.39 is 22.2 Å². The van der Waals surface area contributed by atoms with Crippen LogP contribution in [-0.2, 0) is 16.4 Å². The summed E-state index contributed by atoms with van der Waals surface area (Å²) < 4.78 is 34.2. The topological polar surface area (TPSA) is 155 Å². The second kappa shape index (κ2) is 11.7. The van der Waals surface area contributed by atoms with Gasteiger partial charge in [-0.2, -0.15) is 0 Å². The van der Waals surface area contributed by atoms with Crippen molar-refractivity contribution >= 4 is 22.1 Å². The van der Waals surface area contributed by atoms with Gasteiger partial charge in [0.1, 0.15) is 11.9 Å². The van der Waals surface area contributed by atoms with Crippen molar-refractivity contribution in [3.8, 4) is 16.9 Å². The van der Waals surface area contributed by atoms with Crippen LogP contribution in [0.5, 0.6) is 5.75 Å². The molecule has 3 heterocycles. The second-order valence-electron chi connectivity index (χ2n) is 9.30. The number of carboxylic acid groups (broad SMARTS) is 1. The molecule has 3 N–H and O–H groups in total. The molecule has 1 aliphatic rings. The van der Waals surface area contributed by atoms with E-state index in [-0.39, 0.29) is 30.0 Å². The van der Waals surface area contributed by atoms with Crippen LogP contribution >= 0.6 is 0 Å². The molecule has 0 spiro atoms. The van der Waals surface area contributed by atoms with Gasteiger partial charge in [-0.15, -0.1) is 0 Å². The quantitative estimate of drug-likeness (QED) is 0.277. The molecule has 11 nitrogen and oxygen atoms in total. The van der Waals surface area contributed by atoms with Crippen LogP contribution in [0.4, 0.5) is 10.7 Å². The van der Waals surface area contributed by atoms with Gasteiger partial charge in [0, 0.05) is 30.4 Å². The van der Waals surface area contributed by atoms with Gasteiger partial charge >= 0.3 is 6.09 Å². The molecule has 0 saturated heterocycles. The minimum Gasteiger partial charge on any atom is -0.488 e. The van der Waals surface area contributed by atoms with Crippen molar-refractivity contribution in [1.82, 2.24) is 19.9 Å². The van der Waals surface area contributed by atoms with Gasteiger partial charge in [0.2, 0.25) is 5.95 Å². The maximum atomic E-state index is 12.9. The largest absolute Gasteiger partial charge is 0.488 e. The number of pyridine rings is 1. The lowest BCUT2D eigenvalue weighted by atomic mass is 9.97. The van der Waals surface area contributed by atoms with E-state index in [1.807, 2.05) is 24.3 Å². The molecule has 40 heavy (non-hydrogen) atoms. The first kappa shape index (κ1) is 27.0. The number of sulfonamides is 1. The third-order valence-electron chi connectivity index (χ3n) is 6.52. The fraction of sp³-hybridized carbons (Fsp3) is 0.214. The predicted molar refractivity (Wildman–Crippen MR) is 146 cm³/mol. The van der Waals surface area contributed by atoms with Crippen molar-refractivity contribution in [3.05, 3.63) is 96.6 Å². The Morgan fingerprint density at radius 1 is 1.05 bits per heavy atom. The molecule has 0 fully saturated rings. The number of nitrogens with one attached hydrogen (secondary N) is 1. The average Bonchev–Trinajstić information content (AvgIpc) is 2.97. The molecule has 1 unspecified atom stereocenters. The lowest BCUT2D eigenvalue weighted by Gasteiger charge is -2.31. The summed E-state index contributed by atoms with van der Waals surface area (Å²) in [6.45, 7) is 0.00304. The number of hydrogen-bond donors (Lipinski definition) is 3. The Morgan fingerprint density at radius 3 is 2.60 bits per heavy atom. The summed E-state index contributed by atoms with van der Waals surface area (Å²) in [7, 11) is -3.89. The lowest BCUT2D eigenvalue weighted by Crippen LogP contribution is -2.42. The molecule has 12 heteroatoms. The number of anilines is 1. The zero-order valence-corrected chi connectivity index (χ0v) is 22.1. The maximum absolute atomic E-state index is 12.9. The maximum Gasteiger partial charge on any atom is 0.407 e. The first-order valence-electron chi connectivity index (χ1n) is 12.5. The number of rotatable bonds is 9. The molecule has 1 amide bonds. The van der Waals surface area contributed by atoms with Gasteiger partial charge in [0.15, 0.2) is 0 Å². The second-order valence-corrected chi connectivity index (χ2v) is 11.0. The fourth-order valence-electron chi connectivity index (χ4n) is 4.49. The third-order valence-corrected chi connectivity index (χ3v) is 7.84. The molecule has 4 aromatic rings. The van der Waals surface area contributed by atoms with E-state index in [9.17, 15) is 23.4 Å². The molecule has 1 aliphatic heterocycles. The molecule has 0 aliphatic carbocycles. The summed E-state index contributed by atoms with van der Waals surface area (Å²) >= 11 is 0. The van der Waals surface area contributed by atoms with Crippen LogP contribution in [-0.4, -0.2) is 63.8 Å². The Balaban J connectivity index is 1.27. The predicted octanol–water partition coefficient (Wildman–Crippen LogP) is 3.75. The molecule has 0 radical (unpaired) electrons. The van der Waals surface area contributed by atoms with Crippen molar-refractivity contribution in [1.29, 1.82) is 0 Å². The summed E-state index contributed by atoms with van der Waals surface area (Å²) in [6, 6.07) is 17.1. The van der Waals surface area contributed by atoms with E-state index in [4.69, 9.17) is 4.74 Å². The van der Waals surface area contributed by atoms with Crippen LogP contribution in [0.1, 0.15) is 23.7 Å². The number of hydrogen-bond acceptors (Lipinski definition) is 8. The van der Waals surface area contributed by atoms with Crippen LogP contribution in [0.3, 0.4) is 0 Å². The summed E-state index contributed by atoms with van der Waals surface area (Å²) in [6.07, 6.45) is 4.70. The number of amides is 1. The number of benzene rings is 2. The van der Waals surface area contributed by atoms with Gasteiger partial charge in [-0.25, -0.2) is 27.9 Å². The van der Waals surface area contributed by atoms with Gasteiger partial charge in [-0.05, 0) is 65.9 Å². The Bertz CT molecular complexity index is 1590. The van der Waals surface area contributed by atoms with E-state index in [0.717, 1.165) is 16.0 Å². The van der Waals surface area contributed by atoms with Crippen LogP contribution in [0, 0.1) is 0 Å². The van der Waals surface area contributed by atoms with Gasteiger partial charge in [0.05, 0.1) is 24.1 Å². The molecule has 0 saturated carbocycles. The van der Waals surface area contributed by atoms with Gasteiger partial charge in [-0.3, -0.25) is 4.98 Å². The van der Waals surface area contributed by atoms with E-state index in [0.29, 0.717) is 29.7 Å². The zero-order valence-electron chi connectivity index (χ0n) is 21.3. The lowest BCUT2D eigenvalue weighted by molar-refractivity contribution is 0.0656. The van der Waals surface area contributed by atoms with Gasteiger partial charge in [0.25, 0.3) is 10.0 Å². The highest BCUT2D eigenvalue weighted by Crippen LogP contribution is 2.33. The molecular weight excluding hydrogens is 534 g/mol. The molecule has 206 valence electrons. The number of aromatic nitrogens is 3. The summed E-state index contributed by atoms with van der Waals surface area (Å²) in [5, 5.41) is 20.2. The third kappa shape index (κ3) is 6.35. The number of nitrogens with zero attached hydrogens (tertiary/aromatic N) is 4. The first-order chi connectivity index (χ1) is 19.3. The molecular formula is C28H27N5O6S. The van der Waals surface area contributed by atoms with Crippen molar-refractivity contribution in [3.63, 3.8) is 0 Å². The minimum atomic E-state index is -3.89. The SMILES string of the molecule is O=C(O)N(CC(O)c1cccnc1)C[C@H]1CCc2cc(-c3cccc(S(=O)(=O)Nc4ncccn4)c3)ccc2O1. The van der Waals surface area contributed by atoms with Crippen LogP contribution < -0.4 is 9.46 Å². The fourth-order valence-corrected chi connectivity index (χ4v) is 5.49. The Morgan fingerprint density at radius 2 is 1.85 bits per heavy atom. The van der Waals surface area contributed by atoms with E-state index in [1.165, 1.54) is 24.7 Å². The first-order valence-corrected chi connectivity index (χ1v) is 14.0. The normalized spacial score (nSPS) is 15.4. The average molecular weight is 562 g/mol. The van der Waals surface area contributed by atoms with E-state index in [1.54, 1.807) is 36.5 Å². The van der Waals surface area contributed by atoms with Crippen LogP contribution in [0.2, 0.25) is 0 Å². The molecule has 2 atom stereocenters. The highest BCUT2D eigenvalue weighted by molar-refractivity contribution is 7.92. The number of ether oxygens (including phenoxy) is 1. The Labute approximate surface area is 231 Å². The number of aliphatic hydroxyl groups excluding tert-OH is 1. The molecule has 2 aromatic heterocycles. The molecule has 5 rings (SSSR count). The Hall–Kier alpha value is -4.55. The summed E-state index contributed by atoms with van der Waals surface area (Å²) in [5.74, 6) is 0.631. The van der Waals surface area contributed by atoms with E-state index in [2.05, 4.69) is 19.7 Å². The zero-order chi connectivity index (χ0) is 28.1. The highest BCUT2D eigenvalue weighted by atomic mass is 32.2. The number of aliphatic hydroxyl groups is 1. The Kier molecular flexibility index (Phi) is 7.89. The molecule has 2 aromatic carbocycles. The van der Waals surface area contributed by atoms with Crippen molar-refractivity contribution < 1.29 is 28.2 Å². The van der Waals surface area contributed by atoms with Crippen molar-refractivity contribution in [2.75, 3.05) is 17.8 Å². The van der Waals surface area contributed by atoms with Crippen molar-refractivity contribution in [2.45, 2.75) is 29.9 Å². The van der Waals surface area contributed by atoms with Gasteiger partial charge < -0.3 is 19.8 Å². The molecule has 0 bridgehead atoms. The van der Waals surface area contributed by atoms with Crippen LogP contribution in [0.25, 0.3) is 11.1 Å². The monoisotopic (exact) mass is 561 g/mol. The minimum absolute atomic E-state index is 0.0126. The summed E-state index contributed by atoms with van der Waals surface area (Å²) in [4.78, 5) is 24.9. The number of carbonyl (C=O) groups is 1. The smallest absolute Gasteiger partial charge is 0.407 e. The van der Waals surface area contributed by atoms with Crippen LogP contribution in [0.15, 0.2) is 90.3 Å². The van der Waals surface area contributed by atoms with E-state index >= 15 is 0 Å². The van der Waals surface area contributed by atoms with Crippen molar-refractivity contribution in [2.24, 2.45) is 0 Å². The number of fused-ring (bicyclic) bond motifs is 1. The van der Waals surface area contributed by atoms with Gasteiger partial charge in [-0.1, -0.05) is 24.3 Å². The highest BCUT2D eigenvalue weighted by Gasteiger charge is 2.27. The standard InChI is InChI=1S/C28H27N5O6S/c34-25(22-5-2-11-29-16-22)18-33(28(35)36)17-23-9-7-21-14-20(8-10-26(21)39-23)19-4-1-6-24(15-19)40(37,38)32-27-30-12-3-13-31-27/h1-6,8,10-16,23,25,34H,7,9,17-18H2,(H,35,36)(H,30,31,32)/t23-,25?/m1/s1. The number of aryl methyl sites for hydroxylation is 1.